The van der Waals surface area contributed by atoms with Gasteiger partial charge in [0.25, 0.3) is 0 Å². The molecule has 1 N–H and O–H groups in total. The Morgan fingerprint density at radius 1 is 1.62 bits per heavy atom. The Kier molecular flexibility index (Phi) is 3.55. The lowest BCUT2D eigenvalue weighted by Gasteiger charge is -2.04. The van der Waals surface area contributed by atoms with Crippen LogP contribution in [0.15, 0.2) is 12.1 Å². The standard InChI is InChI=1S/C9H8ClIO2/c1-2-8(12)6-3-5(10)4-7(11)9(6)13/h3-4,13H,2H2,1H3. The lowest BCUT2D eigenvalue weighted by Crippen LogP contribution is -1.98. The van der Waals surface area contributed by atoms with Crippen molar-refractivity contribution in [3.8, 4) is 5.75 Å². The molecule has 13 heavy (non-hydrogen) atoms. The Balaban J connectivity index is 3.28. The van der Waals surface area contributed by atoms with Crippen LogP contribution in [0, 0.1) is 3.57 Å². The van der Waals surface area contributed by atoms with Gasteiger partial charge in [-0.25, -0.2) is 0 Å². The third-order valence-corrected chi connectivity index (χ3v) is 2.69. The van der Waals surface area contributed by atoms with Crippen molar-refractivity contribution in [1.29, 1.82) is 0 Å². The summed E-state index contributed by atoms with van der Waals surface area (Å²) in [6.45, 7) is 1.75. The van der Waals surface area contributed by atoms with E-state index in [-0.39, 0.29) is 11.5 Å². The quantitative estimate of drug-likeness (QED) is 0.672. The third kappa shape index (κ3) is 2.34. The normalized spacial score (nSPS) is 10.1. The summed E-state index contributed by atoms with van der Waals surface area (Å²) in [6.07, 6.45) is 0.365. The van der Waals surface area contributed by atoms with Crippen LogP contribution in [0.1, 0.15) is 23.7 Å². The van der Waals surface area contributed by atoms with Crippen LogP contribution in [0.4, 0.5) is 0 Å². The molecule has 0 fully saturated rings. The van der Waals surface area contributed by atoms with E-state index in [0.29, 0.717) is 20.6 Å². The monoisotopic (exact) mass is 310 g/mol. The van der Waals surface area contributed by atoms with Crippen LogP contribution in [0.2, 0.25) is 5.02 Å². The molecule has 1 rings (SSSR count). The molecule has 0 spiro atoms. The highest BCUT2D eigenvalue weighted by atomic mass is 127. The van der Waals surface area contributed by atoms with Crippen LogP contribution in [-0.2, 0) is 0 Å². The zero-order valence-corrected chi connectivity index (χ0v) is 9.89. The average Bonchev–Trinajstić information content (AvgIpc) is 2.10. The zero-order valence-electron chi connectivity index (χ0n) is 6.97. The van der Waals surface area contributed by atoms with Crippen molar-refractivity contribution in [2.75, 3.05) is 0 Å². The number of aromatic hydroxyl groups is 1. The predicted octanol–water partition coefficient (Wildman–Crippen LogP) is 3.24. The van der Waals surface area contributed by atoms with Crippen LogP contribution >= 0.6 is 34.2 Å². The smallest absolute Gasteiger partial charge is 0.166 e. The Morgan fingerprint density at radius 3 is 2.77 bits per heavy atom. The molecule has 0 radical (unpaired) electrons. The average molecular weight is 311 g/mol. The van der Waals surface area contributed by atoms with Gasteiger partial charge in [0, 0.05) is 11.4 Å². The molecule has 0 aliphatic heterocycles. The number of ketones is 1. The van der Waals surface area contributed by atoms with Crippen molar-refractivity contribution in [3.63, 3.8) is 0 Å². The van der Waals surface area contributed by atoms with Crippen LogP contribution in [0.3, 0.4) is 0 Å². The first-order valence-electron chi connectivity index (χ1n) is 3.77. The highest BCUT2D eigenvalue weighted by Crippen LogP contribution is 2.29. The molecule has 0 saturated heterocycles. The molecule has 2 nitrogen and oxygen atoms in total. The third-order valence-electron chi connectivity index (χ3n) is 1.65. The SMILES string of the molecule is CCC(=O)c1cc(Cl)cc(I)c1O. The Labute approximate surface area is 95.0 Å². The van der Waals surface area contributed by atoms with E-state index in [0.717, 1.165) is 0 Å². The lowest BCUT2D eigenvalue weighted by molar-refractivity contribution is 0.0985. The number of rotatable bonds is 2. The Bertz CT molecular complexity index is 350. The largest absolute Gasteiger partial charge is 0.506 e. The Morgan fingerprint density at radius 2 is 2.23 bits per heavy atom. The fourth-order valence-electron chi connectivity index (χ4n) is 0.969. The molecule has 0 aliphatic rings. The van der Waals surface area contributed by atoms with E-state index in [1.54, 1.807) is 13.0 Å². The first-order valence-corrected chi connectivity index (χ1v) is 5.23. The summed E-state index contributed by atoms with van der Waals surface area (Å²) in [5.74, 6) is -0.0743. The van der Waals surface area contributed by atoms with E-state index in [9.17, 15) is 9.90 Å². The summed E-state index contributed by atoms with van der Waals surface area (Å²) in [5.41, 5.74) is 0.305. The molecular formula is C9H8ClIO2. The maximum Gasteiger partial charge on any atom is 0.166 e. The van der Waals surface area contributed by atoms with Gasteiger partial charge in [0.15, 0.2) is 5.78 Å². The predicted molar refractivity (Wildman–Crippen MR) is 60.5 cm³/mol. The molecule has 0 bridgehead atoms. The maximum atomic E-state index is 11.3. The first kappa shape index (κ1) is 10.8. The summed E-state index contributed by atoms with van der Waals surface area (Å²) in [7, 11) is 0. The van der Waals surface area contributed by atoms with E-state index < -0.39 is 0 Å². The van der Waals surface area contributed by atoms with Gasteiger partial charge in [-0.3, -0.25) is 4.79 Å². The summed E-state index contributed by atoms with van der Waals surface area (Å²) in [6, 6.07) is 3.11. The number of benzene rings is 1. The lowest BCUT2D eigenvalue weighted by atomic mass is 10.1. The number of hydrogen-bond donors (Lipinski definition) is 1. The van der Waals surface area contributed by atoms with Gasteiger partial charge in [-0.1, -0.05) is 18.5 Å². The van der Waals surface area contributed by atoms with Crippen LogP contribution in [0.5, 0.6) is 5.75 Å². The zero-order chi connectivity index (χ0) is 10.0. The molecule has 70 valence electrons. The minimum Gasteiger partial charge on any atom is -0.506 e. The van der Waals surface area contributed by atoms with Gasteiger partial charge < -0.3 is 5.11 Å². The van der Waals surface area contributed by atoms with Gasteiger partial charge in [0.1, 0.15) is 5.75 Å². The summed E-state index contributed by atoms with van der Waals surface area (Å²) in [4.78, 5) is 11.3. The van der Waals surface area contributed by atoms with E-state index >= 15 is 0 Å². The molecule has 0 aromatic heterocycles. The number of phenols is 1. The highest BCUT2D eigenvalue weighted by Gasteiger charge is 2.12. The van der Waals surface area contributed by atoms with Crippen LogP contribution < -0.4 is 0 Å². The van der Waals surface area contributed by atoms with Crippen molar-refractivity contribution < 1.29 is 9.90 Å². The van der Waals surface area contributed by atoms with Gasteiger partial charge in [-0.2, -0.15) is 0 Å². The van der Waals surface area contributed by atoms with Gasteiger partial charge in [0.2, 0.25) is 0 Å². The second-order valence-corrected chi connectivity index (χ2v) is 4.16. The van der Waals surface area contributed by atoms with Crippen LogP contribution in [0.25, 0.3) is 0 Å². The van der Waals surface area contributed by atoms with Crippen LogP contribution in [-0.4, -0.2) is 10.9 Å². The number of carbonyl (C=O) groups is 1. The number of carbonyl (C=O) groups excluding carboxylic acids is 1. The molecule has 1 aromatic carbocycles. The molecule has 0 unspecified atom stereocenters. The summed E-state index contributed by atoms with van der Waals surface area (Å²) >= 11 is 7.69. The molecule has 1 aromatic rings. The minimum atomic E-state index is -0.0992. The number of halogens is 2. The van der Waals surface area contributed by atoms with Crippen molar-refractivity contribution in [1.82, 2.24) is 0 Å². The molecule has 0 aliphatic carbocycles. The second-order valence-electron chi connectivity index (χ2n) is 2.56. The van der Waals surface area contributed by atoms with Crippen molar-refractivity contribution in [2.45, 2.75) is 13.3 Å². The summed E-state index contributed by atoms with van der Waals surface area (Å²) < 4.78 is 0.599. The summed E-state index contributed by atoms with van der Waals surface area (Å²) in [5, 5.41) is 10.0. The van der Waals surface area contributed by atoms with E-state index in [1.165, 1.54) is 6.07 Å². The van der Waals surface area contributed by atoms with Crippen molar-refractivity contribution in [2.24, 2.45) is 0 Å². The molecule has 0 atom stereocenters. The molecule has 0 saturated carbocycles. The van der Waals surface area contributed by atoms with Crippen molar-refractivity contribution >= 4 is 40.0 Å². The molecule has 0 heterocycles. The highest BCUT2D eigenvalue weighted by molar-refractivity contribution is 14.1. The first-order chi connectivity index (χ1) is 6.06. The molecule has 0 amide bonds. The molecular weight excluding hydrogens is 302 g/mol. The van der Waals surface area contributed by atoms with Gasteiger partial charge in [0.05, 0.1) is 9.13 Å². The second kappa shape index (κ2) is 4.28. The topological polar surface area (TPSA) is 37.3 Å². The van der Waals surface area contributed by atoms with E-state index in [2.05, 4.69) is 0 Å². The number of Topliss-reactive ketones (excluding diaryl/α,β-unsaturated/α-hetero) is 1. The van der Waals surface area contributed by atoms with E-state index in [4.69, 9.17) is 11.6 Å². The van der Waals surface area contributed by atoms with E-state index in [1.807, 2.05) is 22.6 Å². The number of phenolic OH excluding ortho intramolecular Hbond substituents is 1. The van der Waals surface area contributed by atoms with Gasteiger partial charge in [-0.05, 0) is 34.7 Å². The fraction of sp³-hybridized carbons (Fsp3) is 0.222. The number of hydrogen-bond acceptors (Lipinski definition) is 2. The minimum absolute atomic E-state index is 0.0249. The van der Waals surface area contributed by atoms with Gasteiger partial charge >= 0.3 is 0 Å². The Hall–Kier alpha value is -0.290. The maximum absolute atomic E-state index is 11.3. The van der Waals surface area contributed by atoms with Crippen molar-refractivity contribution in [3.05, 3.63) is 26.3 Å². The van der Waals surface area contributed by atoms with Gasteiger partial charge in [-0.15, -0.1) is 0 Å². The molecule has 4 heteroatoms. The fourth-order valence-corrected chi connectivity index (χ4v) is 2.00.